The van der Waals surface area contributed by atoms with Gasteiger partial charge in [-0.1, -0.05) is 13.8 Å². The summed E-state index contributed by atoms with van der Waals surface area (Å²) in [6.07, 6.45) is 2.14. The highest BCUT2D eigenvalue weighted by Gasteiger charge is 2.23. The van der Waals surface area contributed by atoms with Gasteiger partial charge in [0.25, 0.3) is 0 Å². The lowest BCUT2D eigenvalue weighted by Gasteiger charge is -2.32. The minimum Gasteiger partial charge on any atom is -0.343 e. The molecule has 1 rings (SSSR count). The van der Waals surface area contributed by atoms with Crippen molar-refractivity contribution < 1.29 is 13.2 Å². The summed E-state index contributed by atoms with van der Waals surface area (Å²) < 4.78 is 23.6. The van der Waals surface area contributed by atoms with Gasteiger partial charge in [-0.05, 0) is 38.3 Å². The standard InChI is InChI=1S/C14H28N2O3S.ClH/c1-12(2)11-20(18,19)9-6-14(17)16-7-4-13(5-8-16)10-15-3;/h12-13,15H,4-11H2,1-3H3;1H. The SMILES string of the molecule is CNCC1CCN(C(=O)CCS(=O)(=O)CC(C)C)CC1.Cl. The molecule has 7 heteroatoms. The molecule has 1 aliphatic rings. The van der Waals surface area contributed by atoms with E-state index in [0.717, 1.165) is 32.5 Å². The fourth-order valence-corrected chi connectivity index (χ4v) is 4.34. The third-order valence-corrected chi connectivity index (χ3v) is 5.67. The second-order valence-electron chi connectivity index (χ2n) is 6.14. The summed E-state index contributed by atoms with van der Waals surface area (Å²) in [5.74, 6) is 0.895. The third kappa shape index (κ3) is 8.02. The molecule has 1 amide bonds. The maximum absolute atomic E-state index is 12.0. The highest BCUT2D eigenvalue weighted by Crippen LogP contribution is 2.17. The molecule has 21 heavy (non-hydrogen) atoms. The molecule has 0 aliphatic carbocycles. The molecule has 5 nitrogen and oxygen atoms in total. The lowest BCUT2D eigenvalue weighted by Crippen LogP contribution is -2.41. The number of hydrogen-bond acceptors (Lipinski definition) is 4. The number of rotatable bonds is 7. The van der Waals surface area contributed by atoms with Crippen LogP contribution in [0.1, 0.15) is 33.1 Å². The van der Waals surface area contributed by atoms with E-state index in [1.54, 1.807) is 0 Å². The van der Waals surface area contributed by atoms with Crippen LogP contribution in [0.15, 0.2) is 0 Å². The molecule has 0 aromatic heterocycles. The van der Waals surface area contributed by atoms with Crippen LogP contribution in [-0.4, -0.2) is 57.4 Å². The Kier molecular flexibility index (Phi) is 9.49. The molecule has 1 N–H and O–H groups in total. The molecular weight excluding hydrogens is 312 g/mol. The number of nitrogens with one attached hydrogen (secondary N) is 1. The smallest absolute Gasteiger partial charge is 0.223 e. The quantitative estimate of drug-likeness (QED) is 0.759. The molecule has 0 bridgehead atoms. The first kappa shape index (κ1) is 20.7. The van der Waals surface area contributed by atoms with Crippen molar-refractivity contribution >= 4 is 28.2 Å². The second-order valence-corrected chi connectivity index (χ2v) is 8.37. The van der Waals surface area contributed by atoms with Gasteiger partial charge in [0.05, 0.1) is 11.5 Å². The van der Waals surface area contributed by atoms with E-state index < -0.39 is 9.84 Å². The van der Waals surface area contributed by atoms with Crippen LogP contribution in [0.25, 0.3) is 0 Å². The molecule has 0 aromatic carbocycles. The van der Waals surface area contributed by atoms with Crippen molar-refractivity contribution in [2.75, 3.05) is 38.2 Å². The Morgan fingerprint density at radius 2 is 1.86 bits per heavy atom. The molecule has 0 atom stereocenters. The van der Waals surface area contributed by atoms with E-state index in [1.165, 1.54) is 0 Å². The summed E-state index contributed by atoms with van der Waals surface area (Å²) in [5, 5.41) is 3.16. The Labute approximate surface area is 135 Å². The van der Waals surface area contributed by atoms with E-state index in [4.69, 9.17) is 0 Å². The van der Waals surface area contributed by atoms with Crippen LogP contribution in [-0.2, 0) is 14.6 Å². The van der Waals surface area contributed by atoms with E-state index in [0.29, 0.717) is 5.92 Å². The molecule has 0 aromatic rings. The number of carbonyl (C=O) groups excluding carboxylic acids is 1. The van der Waals surface area contributed by atoms with Crippen molar-refractivity contribution in [3.8, 4) is 0 Å². The first-order valence-electron chi connectivity index (χ1n) is 7.47. The Balaban J connectivity index is 0.00000400. The maximum atomic E-state index is 12.0. The topological polar surface area (TPSA) is 66.5 Å². The predicted molar refractivity (Wildman–Crippen MR) is 88.6 cm³/mol. The molecule has 0 radical (unpaired) electrons. The molecule has 1 heterocycles. The zero-order valence-corrected chi connectivity index (χ0v) is 14.9. The van der Waals surface area contributed by atoms with Gasteiger partial charge in [-0.3, -0.25) is 4.79 Å². The molecule has 0 unspecified atom stereocenters. The lowest BCUT2D eigenvalue weighted by atomic mass is 9.97. The Bertz CT molecular complexity index is 404. The van der Waals surface area contributed by atoms with Gasteiger partial charge in [0.1, 0.15) is 0 Å². The molecule has 1 fully saturated rings. The van der Waals surface area contributed by atoms with Crippen LogP contribution in [0.5, 0.6) is 0 Å². The first-order valence-corrected chi connectivity index (χ1v) is 9.29. The lowest BCUT2D eigenvalue weighted by molar-refractivity contribution is -0.132. The van der Waals surface area contributed by atoms with Crippen molar-refractivity contribution in [1.29, 1.82) is 0 Å². The Hall–Kier alpha value is -0.330. The first-order chi connectivity index (χ1) is 9.34. The summed E-state index contributed by atoms with van der Waals surface area (Å²) in [5.41, 5.74) is 0. The average Bonchev–Trinajstić information content (AvgIpc) is 2.36. The van der Waals surface area contributed by atoms with Gasteiger partial charge in [0.15, 0.2) is 9.84 Å². The largest absolute Gasteiger partial charge is 0.343 e. The minimum atomic E-state index is -3.09. The summed E-state index contributed by atoms with van der Waals surface area (Å²) in [6.45, 7) is 6.27. The summed E-state index contributed by atoms with van der Waals surface area (Å²) in [4.78, 5) is 13.9. The summed E-state index contributed by atoms with van der Waals surface area (Å²) in [6, 6.07) is 0. The van der Waals surface area contributed by atoms with Crippen molar-refractivity contribution in [3.63, 3.8) is 0 Å². The van der Waals surface area contributed by atoms with Gasteiger partial charge >= 0.3 is 0 Å². The van der Waals surface area contributed by atoms with E-state index >= 15 is 0 Å². The van der Waals surface area contributed by atoms with Gasteiger partial charge in [-0.25, -0.2) is 8.42 Å². The molecule has 1 saturated heterocycles. The fraction of sp³-hybridized carbons (Fsp3) is 0.929. The van der Waals surface area contributed by atoms with E-state index in [1.807, 2.05) is 25.8 Å². The number of amides is 1. The van der Waals surface area contributed by atoms with Crippen LogP contribution in [0, 0.1) is 11.8 Å². The van der Waals surface area contributed by atoms with Crippen molar-refractivity contribution in [3.05, 3.63) is 0 Å². The minimum absolute atomic E-state index is 0. The van der Waals surface area contributed by atoms with Gasteiger partial charge in [0, 0.05) is 19.5 Å². The average molecular weight is 341 g/mol. The van der Waals surface area contributed by atoms with Crippen molar-refractivity contribution in [2.24, 2.45) is 11.8 Å². The fourth-order valence-electron chi connectivity index (χ4n) is 2.67. The third-order valence-electron chi connectivity index (χ3n) is 3.67. The second kappa shape index (κ2) is 9.64. The molecule has 0 spiro atoms. The number of sulfone groups is 1. The molecule has 0 saturated carbocycles. The Morgan fingerprint density at radius 3 is 2.33 bits per heavy atom. The van der Waals surface area contributed by atoms with Crippen molar-refractivity contribution in [2.45, 2.75) is 33.1 Å². The maximum Gasteiger partial charge on any atom is 0.223 e. The van der Waals surface area contributed by atoms with Crippen molar-refractivity contribution in [1.82, 2.24) is 10.2 Å². The number of hydrogen-bond donors (Lipinski definition) is 1. The van der Waals surface area contributed by atoms with E-state index in [2.05, 4.69) is 5.32 Å². The van der Waals surface area contributed by atoms with Gasteiger partial charge < -0.3 is 10.2 Å². The van der Waals surface area contributed by atoms with Crippen LogP contribution < -0.4 is 5.32 Å². The summed E-state index contributed by atoms with van der Waals surface area (Å²) >= 11 is 0. The van der Waals surface area contributed by atoms with Crippen LogP contribution in [0.2, 0.25) is 0 Å². The molecule has 1 aliphatic heterocycles. The normalized spacial score (nSPS) is 16.9. The van der Waals surface area contributed by atoms with Crippen LogP contribution >= 0.6 is 12.4 Å². The highest BCUT2D eigenvalue weighted by atomic mass is 35.5. The highest BCUT2D eigenvalue weighted by molar-refractivity contribution is 7.91. The number of nitrogens with zero attached hydrogens (tertiary/aromatic N) is 1. The van der Waals surface area contributed by atoms with Gasteiger partial charge in [0.2, 0.25) is 5.91 Å². The number of likely N-dealkylation sites (tertiary alicyclic amines) is 1. The number of halogens is 1. The van der Waals surface area contributed by atoms with Gasteiger partial charge in [-0.15, -0.1) is 12.4 Å². The summed E-state index contributed by atoms with van der Waals surface area (Å²) in [7, 11) is -1.15. The number of piperidine rings is 1. The molecule has 126 valence electrons. The van der Waals surface area contributed by atoms with Gasteiger partial charge in [-0.2, -0.15) is 0 Å². The van der Waals surface area contributed by atoms with Crippen LogP contribution in [0.4, 0.5) is 0 Å². The predicted octanol–water partition coefficient (Wildman–Crippen LogP) is 1.33. The monoisotopic (exact) mass is 340 g/mol. The number of carbonyl (C=O) groups is 1. The molecular formula is C14H29ClN2O3S. The Morgan fingerprint density at radius 1 is 1.29 bits per heavy atom. The van der Waals surface area contributed by atoms with Crippen LogP contribution in [0.3, 0.4) is 0 Å². The zero-order valence-electron chi connectivity index (χ0n) is 13.3. The van der Waals surface area contributed by atoms with E-state index in [-0.39, 0.29) is 42.2 Å². The zero-order chi connectivity index (χ0) is 15.2. The van der Waals surface area contributed by atoms with E-state index in [9.17, 15) is 13.2 Å².